The number of fused-ring (bicyclic) bond motifs is 1. The summed E-state index contributed by atoms with van der Waals surface area (Å²) < 4.78 is 0. The number of imidazole rings is 1. The molecule has 0 spiro atoms. The lowest BCUT2D eigenvalue weighted by molar-refractivity contribution is 0.909. The molecule has 1 aromatic carbocycles. The molecule has 3 rings (SSSR count). The van der Waals surface area contributed by atoms with Crippen LogP contribution in [0.15, 0.2) is 36.7 Å². The maximum Gasteiger partial charge on any atom is 0.141 e. The highest BCUT2D eigenvalue weighted by Crippen LogP contribution is 2.18. The van der Waals surface area contributed by atoms with E-state index in [2.05, 4.69) is 19.9 Å². The van der Waals surface area contributed by atoms with Gasteiger partial charge in [-0.1, -0.05) is 12.1 Å². The number of aromatic amines is 1. The first-order valence-electron chi connectivity index (χ1n) is 5.33. The van der Waals surface area contributed by atoms with Gasteiger partial charge >= 0.3 is 0 Å². The molecule has 17 heavy (non-hydrogen) atoms. The lowest BCUT2D eigenvalue weighted by atomic mass is 10.3. The number of nitrogens with one attached hydrogen (secondary N) is 1. The number of hydrogen-bond donors (Lipinski definition) is 2. The van der Waals surface area contributed by atoms with E-state index in [1.165, 1.54) is 0 Å². The average molecular weight is 225 g/mol. The summed E-state index contributed by atoms with van der Waals surface area (Å²) in [5.41, 5.74) is 8.25. The molecule has 5 nitrogen and oxygen atoms in total. The minimum Gasteiger partial charge on any atom is -0.338 e. The lowest BCUT2D eigenvalue weighted by Gasteiger charge is -1.97. The Morgan fingerprint density at radius 2 is 1.88 bits per heavy atom. The molecule has 3 aromatic rings. The third-order valence-corrected chi connectivity index (χ3v) is 2.55. The van der Waals surface area contributed by atoms with Crippen LogP contribution in [0.25, 0.3) is 22.4 Å². The van der Waals surface area contributed by atoms with Crippen LogP contribution in [0.3, 0.4) is 0 Å². The second-order valence-electron chi connectivity index (χ2n) is 3.69. The Morgan fingerprint density at radius 1 is 1.12 bits per heavy atom. The molecule has 0 aliphatic carbocycles. The highest BCUT2D eigenvalue weighted by molar-refractivity contribution is 5.78. The first-order chi connectivity index (χ1) is 8.36. The first kappa shape index (κ1) is 9.92. The highest BCUT2D eigenvalue weighted by Gasteiger charge is 2.05. The Bertz CT molecular complexity index is 608. The van der Waals surface area contributed by atoms with Gasteiger partial charge in [-0.2, -0.15) is 0 Å². The Kier molecular flexibility index (Phi) is 2.31. The molecule has 0 aliphatic rings. The monoisotopic (exact) mass is 225 g/mol. The van der Waals surface area contributed by atoms with Crippen molar-refractivity contribution in [3.63, 3.8) is 0 Å². The van der Waals surface area contributed by atoms with Gasteiger partial charge < -0.3 is 10.7 Å². The van der Waals surface area contributed by atoms with Crippen molar-refractivity contribution in [3.05, 3.63) is 42.5 Å². The van der Waals surface area contributed by atoms with Crippen LogP contribution < -0.4 is 5.73 Å². The van der Waals surface area contributed by atoms with Crippen LogP contribution in [0.2, 0.25) is 0 Å². The fraction of sp³-hybridized carbons (Fsp3) is 0.0833. The zero-order valence-electron chi connectivity index (χ0n) is 9.09. The number of benzene rings is 1. The smallest absolute Gasteiger partial charge is 0.141 e. The predicted octanol–water partition coefficient (Wildman–Crippen LogP) is 1.48. The molecule has 0 radical (unpaired) electrons. The van der Waals surface area contributed by atoms with E-state index < -0.39 is 0 Å². The third kappa shape index (κ3) is 1.76. The molecule has 0 saturated heterocycles. The molecule has 0 amide bonds. The number of hydrogen-bond acceptors (Lipinski definition) is 4. The van der Waals surface area contributed by atoms with Crippen LogP contribution in [0.1, 0.15) is 5.82 Å². The van der Waals surface area contributed by atoms with Crippen LogP contribution in [0.5, 0.6) is 0 Å². The van der Waals surface area contributed by atoms with Crippen molar-refractivity contribution >= 4 is 11.0 Å². The Morgan fingerprint density at radius 3 is 2.59 bits per heavy atom. The van der Waals surface area contributed by atoms with Gasteiger partial charge in [0.05, 0.1) is 23.1 Å². The van der Waals surface area contributed by atoms with Crippen molar-refractivity contribution in [1.29, 1.82) is 0 Å². The number of para-hydroxylation sites is 2. The molecule has 0 saturated carbocycles. The number of nitrogens with zero attached hydrogens (tertiary/aromatic N) is 3. The summed E-state index contributed by atoms with van der Waals surface area (Å²) in [6.07, 6.45) is 3.46. The molecule has 5 heteroatoms. The molecule has 84 valence electrons. The summed E-state index contributed by atoms with van der Waals surface area (Å²) in [6, 6.07) is 7.88. The number of H-pyrrole nitrogens is 1. The van der Waals surface area contributed by atoms with Crippen LogP contribution in [-0.2, 0) is 6.54 Å². The first-order valence-corrected chi connectivity index (χ1v) is 5.33. The molecule has 2 heterocycles. The van der Waals surface area contributed by atoms with Gasteiger partial charge in [-0.25, -0.2) is 15.0 Å². The zero-order valence-corrected chi connectivity index (χ0v) is 9.09. The van der Waals surface area contributed by atoms with Gasteiger partial charge in [0.15, 0.2) is 0 Å². The van der Waals surface area contributed by atoms with E-state index in [-0.39, 0.29) is 0 Å². The lowest BCUT2D eigenvalue weighted by Crippen LogP contribution is -2.02. The van der Waals surface area contributed by atoms with E-state index in [9.17, 15) is 0 Å². The minimum absolute atomic E-state index is 0.348. The van der Waals surface area contributed by atoms with Crippen LogP contribution in [0.4, 0.5) is 0 Å². The molecule has 0 fully saturated rings. The number of aromatic nitrogens is 4. The fourth-order valence-electron chi connectivity index (χ4n) is 1.67. The summed E-state index contributed by atoms with van der Waals surface area (Å²) >= 11 is 0. The molecule has 0 aliphatic heterocycles. The molecular weight excluding hydrogens is 214 g/mol. The molecule has 0 unspecified atom stereocenters. The van der Waals surface area contributed by atoms with Crippen molar-refractivity contribution < 1.29 is 0 Å². The van der Waals surface area contributed by atoms with Gasteiger partial charge in [-0.3, -0.25) is 0 Å². The molecule has 0 bridgehead atoms. The van der Waals surface area contributed by atoms with Crippen molar-refractivity contribution in [3.8, 4) is 11.4 Å². The van der Waals surface area contributed by atoms with Crippen molar-refractivity contribution in [1.82, 2.24) is 19.9 Å². The van der Waals surface area contributed by atoms with Gasteiger partial charge in [0.25, 0.3) is 0 Å². The quantitative estimate of drug-likeness (QED) is 0.692. The van der Waals surface area contributed by atoms with Crippen molar-refractivity contribution in [2.45, 2.75) is 6.54 Å². The van der Waals surface area contributed by atoms with E-state index in [4.69, 9.17) is 5.73 Å². The van der Waals surface area contributed by atoms with Crippen molar-refractivity contribution in [2.24, 2.45) is 5.73 Å². The molecule has 2 aromatic heterocycles. The van der Waals surface area contributed by atoms with Gasteiger partial charge in [-0.05, 0) is 12.1 Å². The standard InChI is InChI=1S/C12H11N5/c13-5-11-14-6-8(7-15-11)12-16-9-3-1-2-4-10(9)17-12/h1-4,6-7H,5,13H2,(H,16,17). The summed E-state index contributed by atoms with van der Waals surface area (Å²) in [5.74, 6) is 1.40. The maximum atomic E-state index is 5.45. The van der Waals surface area contributed by atoms with E-state index >= 15 is 0 Å². The van der Waals surface area contributed by atoms with Gasteiger partial charge in [0.2, 0.25) is 0 Å². The molecular formula is C12H11N5. The second-order valence-corrected chi connectivity index (χ2v) is 3.69. The largest absolute Gasteiger partial charge is 0.338 e. The van der Waals surface area contributed by atoms with E-state index in [0.717, 1.165) is 22.4 Å². The molecule has 0 atom stereocenters. The molecule has 3 N–H and O–H groups in total. The second kappa shape index (κ2) is 3.95. The van der Waals surface area contributed by atoms with E-state index in [1.54, 1.807) is 12.4 Å². The maximum absolute atomic E-state index is 5.45. The van der Waals surface area contributed by atoms with Crippen LogP contribution in [0, 0.1) is 0 Å². The fourth-order valence-corrected chi connectivity index (χ4v) is 1.67. The van der Waals surface area contributed by atoms with Crippen molar-refractivity contribution in [2.75, 3.05) is 0 Å². The van der Waals surface area contributed by atoms with Crippen LogP contribution in [-0.4, -0.2) is 19.9 Å². The van der Waals surface area contributed by atoms with Gasteiger partial charge in [0, 0.05) is 12.4 Å². The predicted molar refractivity (Wildman–Crippen MR) is 65.0 cm³/mol. The summed E-state index contributed by atoms with van der Waals surface area (Å²) in [4.78, 5) is 16.0. The Balaban J connectivity index is 2.07. The topological polar surface area (TPSA) is 80.5 Å². The van der Waals surface area contributed by atoms with Gasteiger partial charge in [0.1, 0.15) is 11.6 Å². The Labute approximate surface area is 97.7 Å². The normalized spacial score (nSPS) is 10.9. The van der Waals surface area contributed by atoms with Gasteiger partial charge in [-0.15, -0.1) is 0 Å². The third-order valence-electron chi connectivity index (χ3n) is 2.55. The average Bonchev–Trinajstić information content (AvgIpc) is 2.82. The van der Waals surface area contributed by atoms with Crippen LogP contribution >= 0.6 is 0 Å². The Hall–Kier alpha value is -2.27. The number of nitrogens with two attached hydrogens (primary N) is 1. The summed E-state index contributed by atoms with van der Waals surface area (Å²) in [7, 11) is 0. The zero-order chi connectivity index (χ0) is 11.7. The van der Waals surface area contributed by atoms with E-state index in [1.807, 2.05) is 24.3 Å². The summed E-state index contributed by atoms with van der Waals surface area (Å²) in [6.45, 7) is 0.348. The minimum atomic E-state index is 0.348. The summed E-state index contributed by atoms with van der Waals surface area (Å²) in [5, 5.41) is 0. The highest BCUT2D eigenvalue weighted by atomic mass is 14.9. The van der Waals surface area contributed by atoms with E-state index in [0.29, 0.717) is 12.4 Å². The number of rotatable bonds is 2. The SMILES string of the molecule is NCc1ncc(-c2nc3ccccc3[nH]2)cn1.